The monoisotopic (exact) mass is 441 g/mol. The van der Waals surface area contributed by atoms with Crippen molar-refractivity contribution in [1.29, 1.82) is 0 Å². The van der Waals surface area contributed by atoms with Crippen molar-refractivity contribution in [2.24, 2.45) is 0 Å². The number of fused-ring (bicyclic) bond motifs is 2. The molecule has 0 radical (unpaired) electrons. The van der Waals surface area contributed by atoms with Crippen LogP contribution >= 0.6 is 12.2 Å². The second-order valence-electron chi connectivity index (χ2n) is 7.58. The van der Waals surface area contributed by atoms with Crippen LogP contribution in [0.4, 0.5) is 5.69 Å². The lowest BCUT2D eigenvalue weighted by Gasteiger charge is -2.08. The summed E-state index contributed by atoms with van der Waals surface area (Å²) >= 11 is 5.27. The molecule has 0 aliphatic heterocycles. The van der Waals surface area contributed by atoms with Gasteiger partial charge in [-0.25, -0.2) is 4.98 Å². The van der Waals surface area contributed by atoms with Gasteiger partial charge in [-0.2, -0.15) is 0 Å². The number of para-hydroxylation sites is 1. The van der Waals surface area contributed by atoms with Crippen LogP contribution in [0.3, 0.4) is 0 Å². The molecular weight excluding hydrogens is 422 g/mol. The Hall–Kier alpha value is -3.97. The molecule has 0 aliphatic carbocycles. The molecule has 0 atom stereocenters. The van der Waals surface area contributed by atoms with E-state index in [9.17, 15) is 4.79 Å². The first-order valence-electron chi connectivity index (χ1n) is 10.1. The number of aryl methyl sites for hydroxylation is 2. The molecule has 3 aromatic carbocycles. The Balaban J connectivity index is 1.27. The van der Waals surface area contributed by atoms with E-state index in [4.69, 9.17) is 21.1 Å². The molecule has 6 nitrogen and oxygen atoms in total. The number of nitrogens with zero attached hydrogens (tertiary/aromatic N) is 1. The number of carbonyl (C=O) groups excluding carboxylic acids is 1. The third-order valence-corrected chi connectivity index (χ3v) is 5.29. The molecule has 2 aromatic heterocycles. The molecule has 0 bridgehead atoms. The van der Waals surface area contributed by atoms with Crippen LogP contribution in [0.25, 0.3) is 33.5 Å². The van der Waals surface area contributed by atoms with Gasteiger partial charge in [-0.05, 0) is 79.7 Å². The molecule has 0 unspecified atom stereocenters. The van der Waals surface area contributed by atoms with Gasteiger partial charge in [-0.3, -0.25) is 10.1 Å². The number of rotatable bonds is 3. The van der Waals surface area contributed by atoms with E-state index in [-0.39, 0.29) is 10.9 Å². The van der Waals surface area contributed by atoms with Crippen LogP contribution in [0, 0.1) is 13.8 Å². The van der Waals surface area contributed by atoms with Crippen molar-refractivity contribution in [2.75, 3.05) is 5.32 Å². The maximum absolute atomic E-state index is 12.4. The summed E-state index contributed by atoms with van der Waals surface area (Å²) in [7, 11) is 0. The molecule has 2 N–H and O–H groups in total. The predicted molar refractivity (Wildman–Crippen MR) is 129 cm³/mol. The minimum absolute atomic E-state index is 0.177. The van der Waals surface area contributed by atoms with E-state index in [0.717, 1.165) is 38.9 Å². The van der Waals surface area contributed by atoms with E-state index in [0.29, 0.717) is 11.5 Å². The number of hydrogen-bond acceptors (Lipinski definition) is 5. The Morgan fingerprint density at radius 3 is 2.53 bits per heavy atom. The molecule has 7 heteroatoms. The smallest absolute Gasteiger partial charge is 0.293 e. The molecule has 1 amide bonds. The Labute approximate surface area is 189 Å². The van der Waals surface area contributed by atoms with Crippen molar-refractivity contribution in [2.45, 2.75) is 13.8 Å². The topological polar surface area (TPSA) is 80.3 Å². The van der Waals surface area contributed by atoms with E-state index >= 15 is 0 Å². The summed E-state index contributed by atoms with van der Waals surface area (Å²) in [5.41, 5.74) is 6.07. The SMILES string of the molecule is Cc1cc(C)c2oc(-c3ccc(NC(=S)NC(=O)c4cc5ccccc5o4)cc3)nc2c1. The van der Waals surface area contributed by atoms with Crippen LogP contribution < -0.4 is 10.6 Å². The van der Waals surface area contributed by atoms with Gasteiger partial charge in [-0.15, -0.1) is 0 Å². The molecule has 0 aliphatic rings. The van der Waals surface area contributed by atoms with Crippen LogP contribution in [0.5, 0.6) is 0 Å². The number of anilines is 1. The summed E-state index contributed by atoms with van der Waals surface area (Å²) in [4.78, 5) is 17.0. The number of nitrogens with one attached hydrogen (secondary N) is 2. The van der Waals surface area contributed by atoms with E-state index in [2.05, 4.69) is 21.7 Å². The van der Waals surface area contributed by atoms with Gasteiger partial charge in [0.25, 0.3) is 5.91 Å². The molecule has 0 spiro atoms. The zero-order valence-electron chi connectivity index (χ0n) is 17.4. The maximum Gasteiger partial charge on any atom is 0.293 e. The van der Waals surface area contributed by atoms with E-state index in [1.807, 2.05) is 68.4 Å². The molecule has 0 saturated carbocycles. The zero-order chi connectivity index (χ0) is 22.2. The molecular formula is C25H19N3O3S. The van der Waals surface area contributed by atoms with Gasteiger partial charge < -0.3 is 14.2 Å². The van der Waals surface area contributed by atoms with Crippen molar-refractivity contribution in [3.63, 3.8) is 0 Å². The van der Waals surface area contributed by atoms with Crippen molar-refractivity contribution in [3.05, 3.63) is 83.6 Å². The number of furan rings is 1. The lowest BCUT2D eigenvalue weighted by molar-refractivity contribution is 0.0953. The first kappa shape index (κ1) is 20.0. The molecule has 5 rings (SSSR count). The summed E-state index contributed by atoms with van der Waals surface area (Å²) in [5.74, 6) is 0.348. The summed E-state index contributed by atoms with van der Waals surface area (Å²) in [6.45, 7) is 4.05. The van der Waals surface area contributed by atoms with Gasteiger partial charge in [-0.1, -0.05) is 24.3 Å². The molecule has 2 heterocycles. The molecule has 32 heavy (non-hydrogen) atoms. The van der Waals surface area contributed by atoms with Gasteiger partial charge in [0.05, 0.1) is 0 Å². The van der Waals surface area contributed by atoms with E-state index in [1.54, 1.807) is 6.07 Å². The number of amides is 1. The third kappa shape index (κ3) is 3.86. The minimum Gasteiger partial charge on any atom is -0.451 e. The highest BCUT2D eigenvalue weighted by Crippen LogP contribution is 2.28. The number of hydrogen-bond donors (Lipinski definition) is 2. The fourth-order valence-electron chi connectivity index (χ4n) is 3.62. The Kier molecular flexibility index (Phi) is 4.95. The molecule has 0 saturated heterocycles. The van der Waals surface area contributed by atoms with Gasteiger partial charge >= 0.3 is 0 Å². The summed E-state index contributed by atoms with van der Waals surface area (Å²) in [6.07, 6.45) is 0. The van der Waals surface area contributed by atoms with Gasteiger partial charge in [0.15, 0.2) is 16.5 Å². The van der Waals surface area contributed by atoms with Crippen molar-refractivity contribution >= 4 is 51.0 Å². The van der Waals surface area contributed by atoms with Gasteiger partial charge in [0, 0.05) is 16.6 Å². The molecule has 158 valence electrons. The fraction of sp³-hybridized carbons (Fsp3) is 0.0800. The normalized spacial score (nSPS) is 11.1. The Morgan fingerprint density at radius 1 is 0.969 bits per heavy atom. The third-order valence-electron chi connectivity index (χ3n) is 5.09. The van der Waals surface area contributed by atoms with E-state index in [1.165, 1.54) is 0 Å². The Morgan fingerprint density at radius 2 is 1.75 bits per heavy atom. The van der Waals surface area contributed by atoms with Crippen LogP contribution in [0.2, 0.25) is 0 Å². The highest BCUT2D eigenvalue weighted by atomic mass is 32.1. The lowest BCUT2D eigenvalue weighted by Crippen LogP contribution is -2.33. The average molecular weight is 442 g/mol. The Bertz CT molecular complexity index is 1450. The second-order valence-corrected chi connectivity index (χ2v) is 7.99. The van der Waals surface area contributed by atoms with Crippen molar-refractivity contribution in [1.82, 2.24) is 10.3 Å². The number of carbonyl (C=O) groups is 1. The van der Waals surface area contributed by atoms with Crippen LogP contribution in [0.15, 0.2) is 75.6 Å². The second kappa shape index (κ2) is 7.94. The molecule has 5 aromatic rings. The number of thiocarbonyl (C=S) groups is 1. The average Bonchev–Trinajstić information content (AvgIpc) is 3.38. The highest BCUT2D eigenvalue weighted by Gasteiger charge is 2.14. The summed E-state index contributed by atoms with van der Waals surface area (Å²) in [6, 6.07) is 20.7. The first-order valence-corrected chi connectivity index (χ1v) is 10.5. The molecule has 0 fully saturated rings. The summed E-state index contributed by atoms with van der Waals surface area (Å²) < 4.78 is 11.5. The van der Waals surface area contributed by atoms with Crippen molar-refractivity contribution in [3.8, 4) is 11.5 Å². The summed E-state index contributed by atoms with van der Waals surface area (Å²) in [5, 5.41) is 6.68. The minimum atomic E-state index is -0.410. The van der Waals surface area contributed by atoms with Crippen LogP contribution in [-0.4, -0.2) is 16.0 Å². The largest absolute Gasteiger partial charge is 0.451 e. The predicted octanol–water partition coefficient (Wildman–Crippen LogP) is 5.98. The maximum atomic E-state index is 12.4. The first-order chi connectivity index (χ1) is 15.5. The quantitative estimate of drug-likeness (QED) is 0.335. The number of aromatic nitrogens is 1. The zero-order valence-corrected chi connectivity index (χ0v) is 18.2. The number of oxazole rings is 1. The van der Waals surface area contributed by atoms with Crippen LogP contribution in [0.1, 0.15) is 21.7 Å². The van der Waals surface area contributed by atoms with Gasteiger partial charge in [0.1, 0.15) is 11.1 Å². The van der Waals surface area contributed by atoms with Crippen molar-refractivity contribution < 1.29 is 13.6 Å². The van der Waals surface area contributed by atoms with Crippen LogP contribution in [-0.2, 0) is 0 Å². The standard InChI is InChI=1S/C25H19N3O3S/c1-14-11-15(2)22-19(12-14)27-24(31-22)16-7-9-18(10-8-16)26-25(32)28-23(29)21-13-17-5-3-4-6-20(17)30-21/h3-13H,1-2H3,(H2,26,28,29,32). The number of benzene rings is 3. The van der Waals surface area contributed by atoms with Gasteiger partial charge in [0.2, 0.25) is 5.89 Å². The van der Waals surface area contributed by atoms with E-state index < -0.39 is 5.91 Å². The lowest BCUT2D eigenvalue weighted by atomic mass is 10.1. The highest BCUT2D eigenvalue weighted by molar-refractivity contribution is 7.80. The fourth-order valence-corrected chi connectivity index (χ4v) is 3.83.